The zero-order valence-corrected chi connectivity index (χ0v) is 17.0. The number of rotatable bonds is 6. The van der Waals surface area contributed by atoms with Crippen molar-refractivity contribution in [1.29, 1.82) is 0 Å². The number of hydrogen-bond acceptors (Lipinski definition) is 7. The van der Waals surface area contributed by atoms with Crippen LogP contribution in [-0.4, -0.2) is 59.8 Å². The minimum atomic E-state index is -0.365. The summed E-state index contributed by atoms with van der Waals surface area (Å²) in [5.74, 6) is 1.04. The largest absolute Gasteiger partial charge is 0.447 e. The van der Waals surface area contributed by atoms with Gasteiger partial charge in [0.25, 0.3) is 0 Å². The van der Waals surface area contributed by atoms with E-state index in [1.54, 1.807) is 17.2 Å². The fraction of sp³-hybridized carbons (Fsp3) is 0.476. The lowest BCUT2D eigenvalue weighted by molar-refractivity contribution is 0.179. The molecule has 0 unspecified atom stereocenters. The fourth-order valence-corrected chi connectivity index (χ4v) is 3.70. The zero-order chi connectivity index (χ0) is 20.2. The molecule has 2 saturated heterocycles. The lowest BCUT2D eigenvalue weighted by Crippen LogP contribution is -2.42. The Morgan fingerprint density at radius 2 is 2.00 bits per heavy atom. The number of nitrogens with one attached hydrogen (secondary N) is 2. The van der Waals surface area contributed by atoms with Crippen molar-refractivity contribution in [3.05, 3.63) is 47.7 Å². The molecule has 1 aromatic carbocycles. The first kappa shape index (κ1) is 19.6. The number of ether oxygens (including phenoxy) is 1. The number of aromatic nitrogens is 2. The second-order valence-corrected chi connectivity index (χ2v) is 7.67. The van der Waals surface area contributed by atoms with E-state index in [9.17, 15) is 4.79 Å². The molecule has 8 nitrogen and oxygen atoms in total. The molecule has 2 aliphatic rings. The fourth-order valence-electron chi connectivity index (χ4n) is 3.70. The Morgan fingerprint density at radius 3 is 2.69 bits per heavy atom. The molecule has 3 heterocycles. The van der Waals surface area contributed by atoms with E-state index in [0.717, 1.165) is 38.3 Å². The third-order valence-corrected chi connectivity index (χ3v) is 5.41. The van der Waals surface area contributed by atoms with Gasteiger partial charge in [-0.05, 0) is 31.0 Å². The van der Waals surface area contributed by atoms with Gasteiger partial charge in [-0.15, -0.1) is 0 Å². The molecule has 2 aliphatic heterocycles. The van der Waals surface area contributed by atoms with Crippen LogP contribution in [0.1, 0.15) is 31.0 Å². The lowest BCUT2D eigenvalue weighted by atomic mass is 10.1. The van der Waals surface area contributed by atoms with E-state index in [0.29, 0.717) is 18.4 Å². The molecule has 0 radical (unpaired) electrons. The summed E-state index contributed by atoms with van der Waals surface area (Å²) in [5, 5.41) is 6.72. The van der Waals surface area contributed by atoms with Crippen LogP contribution in [0.2, 0.25) is 0 Å². The first-order valence-corrected chi connectivity index (χ1v) is 10.2. The van der Waals surface area contributed by atoms with Gasteiger partial charge < -0.3 is 15.4 Å². The molecule has 0 aliphatic carbocycles. The van der Waals surface area contributed by atoms with Crippen LogP contribution in [0.15, 0.2) is 36.5 Å². The Hall–Kier alpha value is -2.71. The minimum Gasteiger partial charge on any atom is -0.447 e. The molecule has 8 heteroatoms. The Balaban J connectivity index is 1.39. The molecule has 0 bridgehead atoms. The van der Waals surface area contributed by atoms with Gasteiger partial charge in [0.05, 0.1) is 12.1 Å². The van der Waals surface area contributed by atoms with Crippen LogP contribution in [0, 0.1) is 0 Å². The van der Waals surface area contributed by atoms with Crippen LogP contribution in [0.25, 0.3) is 0 Å². The van der Waals surface area contributed by atoms with E-state index in [-0.39, 0.29) is 18.2 Å². The van der Waals surface area contributed by atoms with Gasteiger partial charge in [0.1, 0.15) is 12.4 Å². The molecular weight excluding hydrogens is 368 g/mol. The second kappa shape index (κ2) is 8.75. The van der Waals surface area contributed by atoms with Crippen molar-refractivity contribution in [3.8, 4) is 0 Å². The molecule has 2 aromatic rings. The highest BCUT2D eigenvalue weighted by Gasteiger charge is 2.32. The maximum absolute atomic E-state index is 11.9. The summed E-state index contributed by atoms with van der Waals surface area (Å²) in [7, 11) is 0. The quantitative estimate of drug-likeness (QED) is 0.776. The van der Waals surface area contributed by atoms with Crippen molar-refractivity contribution in [1.82, 2.24) is 20.2 Å². The number of piperazine rings is 1. The number of cyclic esters (lactones) is 1. The number of carbonyl (C=O) groups excluding carboxylic acids is 1. The molecule has 2 N–H and O–H groups in total. The van der Waals surface area contributed by atoms with Crippen molar-refractivity contribution in [2.24, 2.45) is 0 Å². The predicted octanol–water partition coefficient (Wildman–Crippen LogP) is 2.40. The summed E-state index contributed by atoms with van der Waals surface area (Å²) >= 11 is 0. The Morgan fingerprint density at radius 1 is 1.24 bits per heavy atom. The smallest absolute Gasteiger partial charge is 0.415 e. The van der Waals surface area contributed by atoms with Crippen molar-refractivity contribution >= 4 is 17.9 Å². The standard InChI is InChI=1S/C21H28N6O2/c1-15-14-29-21(28)27(15)19-7-8-23-20(25-19)24-16(2)18-5-3-17(4-6-18)13-26-11-9-22-10-12-26/h3-8,15-16,22H,9-14H2,1-2H3,(H,23,24,25)/t15-,16-/m0/s1. The summed E-state index contributed by atoms with van der Waals surface area (Å²) in [6, 6.07) is 10.4. The van der Waals surface area contributed by atoms with Gasteiger partial charge in [-0.25, -0.2) is 9.78 Å². The lowest BCUT2D eigenvalue weighted by Gasteiger charge is -2.27. The number of amides is 1. The van der Waals surface area contributed by atoms with E-state index >= 15 is 0 Å². The SMILES string of the molecule is C[C@H](Nc1nccc(N2C(=O)OC[C@@H]2C)n1)c1ccc(CN2CCNCC2)cc1. The molecular formula is C21H28N6O2. The van der Waals surface area contributed by atoms with Crippen molar-refractivity contribution in [3.63, 3.8) is 0 Å². The maximum atomic E-state index is 11.9. The second-order valence-electron chi connectivity index (χ2n) is 7.67. The van der Waals surface area contributed by atoms with Crippen molar-refractivity contribution in [2.45, 2.75) is 32.5 Å². The van der Waals surface area contributed by atoms with Gasteiger partial charge in [-0.1, -0.05) is 24.3 Å². The number of nitrogens with zero attached hydrogens (tertiary/aromatic N) is 4. The highest BCUT2D eigenvalue weighted by Crippen LogP contribution is 2.23. The van der Waals surface area contributed by atoms with E-state index in [1.807, 2.05) is 6.92 Å². The summed E-state index contributed by atoms with van der Waals surface area (Å²) in [4.78, 5) is 24.8. The number of carbonyl (C=O) groups is 1. The van der Waals surface area contributed by atoms with Gasteiger partial charge in [0.2, 0.25) is 5.95 Å². The average molecular weight is 396 g/mol. The van der Waals surface area contributed by atoms with Gasteiger partial charge in [0.15, 0.2) is 0 Å². The first-order chi connectivity index (χ1) is 14.1. The predicted molar refractivity (Wildman–Crippen MR) is 112 cm³/mol. The molecule has 1 amide bonds. The first-order valence-electron chi connectivity index (χ1n) is 10.2. The third kappa shape index (κ3) is 4.65. The Labute approximate surface area is 171 Å². The minimum absolute atomic E-state index is 0.0362. The maximum Gasteiger partial charge on any atom is 0.415 e. The summed E-state index contributed by atoms with van der Waals surface area (Å²) in [6.45, 7) is 9.69. The van der Waals surface area contributed by atoms with Crippen LogP contribution in [0.4, 0.5) is 16.6 Å². The van der Waals surface area contributed by atoms with Gasteiger partial charge in [-0.2, -0.15) is 4.98 Å². The molecule has 154 valence electrons. The van der Waals surface area contributed by atoms with Crippen LogP contribution < -0.4 is 15.5 Å². The number of benzene rings is 1. The van der Waals surface area contributed by atoms with E-state index in [4.69, 9.17) is 4.74 Å². The summed E-state index contributed by atoms with van der Waals surface area (Å²) in [6.07, 6.45) is 1.29. The van der Waals surface area contributed by atoms with Crippen LogP contribution >= 0.6 is 0 Å². The van der Waals surface area contributed by atoms with Crippen LogP contribution in [0.3, 0.4) is 0 Å². The Kier molecular flexibility index (Phi) is 5.92. The highest BCUT2D eigenvalue weighted by molar-refractivity contribution is 5.89. The molecule has 2 atom stereocenters. The van der Waals surface area contributed by atoms with E-state index in [2.05, 4.69) is 56.7 Å². The molecule has 0 spiro atoms. The van der Waals surface area contributed by atoms with Crippen molar-refractivity contribution in [2.75, 3.05) is 43.0 Å². The molecule has 29 heavy (non-hydrogen) atoms. The summed E-state index contributed by atoms with van der Waals surface area (Å²) in [5.41, 5.74) is 2.49. The number of hydrogen-bond donors (Lipinski definition) is 2. The number of anilines is 2. The van der Waals surface area contributed by atoms with E-state index < -0.39 is 0 Å². The molecule has 0 saturated carbocycles. The highest BCUT2D eigenvalue weighted by atomic mass is 16.6. The van der Waals surface area contributed by atoms with Gasteiger partial charge >= 0.3 is 6.09 Å². The average Bonchev–Trinajstić information content (AvgIpc) is 3.07. The Bertz CT molecular complexity index is 837. The topological polar surface area (TPSA) is 82.6 Å². The molecule has 1 aromatic heterocycles. The van der Waals surface area contributed by atoms with E-state index in [1.165, 1.54) is 5.56 Å². The van der Waals surface area contributed by atoms with Crippen LogP contribution in [0.5, 0.6) is 0 Å². The normalized spacial score (nSPS) is 21.1. The monoisotopic (exact) mass is 396 g/mol. The van der Waals surface area contributed by atoms with Crippen LogP contribution in [-0.2, 0) is 11.3 Å². The molecule has 4 rings (SSSR count). The zero-order valence-electron chi connectivity index (χ0n) is 17.0. The summed E-state index contributed by atoms with van der Waals surface area (Å²) < 4.78 is 5.09. The van der Waals surface area contributed by atoms with Gasteiger partial charge in [0, 0.05) is 38.9 Å². The van der Waals surface area contributed by atoms with Gasteiger partial charge in [-0.3, -0.25) is 9.80 Å². The molecule has 2 fully saturated rings. The van der Waals surface area contributed by atoms with Crippen molar-refractivity contribution < 1.29 is 9.53 Å². The third-order valence-electron chi connectivity index (χ3n) is 5.41.